The number of hydrogen-bond acceptors (Lipinski definition) is 13. The summed E-state index contributed by atoms with van der Waals surface area (Å²) in [7, 11) is 0. The van der Waals surface area contributed by atoms with Gasteiger partial charge in [0, 0.05) is 50.6 Å². The molecule has 2 amide bonds. The molecule has 0 radical (unpaired) electrons. The summed E-state index contributed by atoms with van der Waals surface area (Å²) < 4.78 is 0.194. The van der Waals surface area contributed by atoms with Crippen molar-refractivity contribution in [3.05, 3.63) is 0 Å². The second kappa shape index (κ2) is 33.2. The van der Waals surface area contributed by atoms with Gasteiger partial charge >= 0.3 is 0 Å². The van der Waals surface area contributed by atoms with Gasteiger partial charge < -0.3 is 5.32 Å². The summed E-state index contributed by atoms with van der Waals surface area (Å²) in [6.07, 6.45) is 0.656. The maximum absolute atomic E-state index is 11.2. The average Bonchev–Trinajstić information content (AvgIpc) is 2.97. The molecule has 0 heterocycles. The third-order valence-corrected chi connectivity index (χ3v) is 6.51. The Morgan fingerprint density at radius 1 is 0.517 bits per heavy atom. The number of hydrazine groups is 2. The molecule has 0 atom stereocenters. The highest BCUT2D eigenvalue weighted by molar-refractivity contribution is 7.81. The van der Waals surface area contributed by atoms with Crippen LogP contribution in [0.4, 0.5) is 0 Å². The first-order chi connectivity index (χ1) is 24.7. The van der Waals surface area contributed by atoms with E-state index in [0.29, 0.717) is 12.2 Å². The van der Waals surface area contributed by atoms with Crippen molar-refractivity contribution in [2.75, 3.05) is 19.7 Å². The van der Waals surface area contributed by atoms with Crippen LogP contribution in [0.3, 0.4) is 0 Å². The molecule has 58 heavy (non-hydrogen) atoms. The van der Waals surface area contributed by atoms with Gasteiger partial charge in [-0.15, -0.1) is 0 Å². The molecule has 15 heteroatoms. The van der Waals surface area contributed by atoms with E-state index in [1.165, 1.54) is 6.92 Å². The Bertz CT molecular complexity index is 1110. The molecule has 350 valence electrons. The van der Waals surface area contributed by atoms with Crippen LogP contribution in [0.15, 0.2) is 0 Å². The first kappa shape index (κ1) is 73.0. The number of hydrogen-bond donors (Lipinski definition) is 7. The summed E-state index contributed by atoms with van der Waals surface area (Å²) in [4.78, 5) is 79.4. The molecule has 0 saturated carbocycles. The minimum atomic E-state index is -0.366. The van der Waals surface area contributed by atoms with Gasteiger partial charge in [-0.2, -0.15) is 12.6 Å². The number of amides is 2. The van der Waals surface area contributed by atoms with Crippen molar-refractivity contribution in [2.24, 2.45) is 50.1 Å². The van der Waals surface area contributed by atoms with E-state index >= 15 is 0 Å². The molecule has 0 saturated heterocycles. The van der Waals surface area contributed by atoms with Gasteiger partial charge in [-0.1, -0.05) is 160 Å². The molecule has 9 N–H and O–H groups in total. The third-order valence-electron chi connectivity index (χ3n) is 6.51. The molecule has 0 aliphatic carbocycles. The number of thiol groups is 1. The van der Waals surface area contributed by atoms with Crippen molar-refractivity contribution in [2.45, 2.75) is 185 Å². The van der Waals surface area contributed by atoms with Crippen molar-refractivity contribution in [1.29, 1.82) is 0 Å². The fraction of sp³-hybridized carbons (Fsp3) is 0.837. The molecule has 0 aliphatic rings. The molecule has 0 aromatic carbocycles. The van der Waals surface area contributed by atoms with Crippen LogP contribution >= 0.6 is 12.6 Å². The Morgan fingerprint density at radius 3 is 0.879 bits per heavy atom. The lowest BCUT2D eigenvalue weighted by atomic mass is 9.90. The lowest BCUT2D eigenvalue weighted by molar-refractivity contribution is -0.131. The Hall–Kier alpha value is -2.56. The maximum atomic E-state index is 11.2. The first-order valence-electron chi connectivity index (χ1n) is 19.1. The van der Waals surface area contributed by atoms with Crippen LogP contribution in [0.1, 0.15) is 180 Å². The van der Waals surface area contributed by atoms with E-state index < -0.39 is 0 Å². The summed E-state index contributed by atoms with van der Waals surface area (Å²) >= 11 is 4.12. The van der Waals surface area contributed by atoms with Crippen LogP contribution < -0.4 is 33.8 Å². The van der Waals surface area contributed by atoms with Gasteiger partial charge in [-0.3, -0.25) is 55.1 Å². The van der Waals surface area contributed by atoms with E-state index in [4.69, 9.17) is 17.6 Å². The smallest absolute Gasteiger partial charge is 0.239 e. The summed E-state index contributed by atoms with van der Waals surface area (Å²) in [5, 5.41) is 2.46. The summed E-state index contributed by atoms with van der Waals surface area (Å²) in [5.74, 6) is 15.0. The fourth-order valence-corrected chi connectivity index (χ4v) is 1.87. The second-order valence-corrected chi connectivity index (χ2v) is 21.7. The fourth-order valence-electron chi connectivity index (χ4n) is 1.87. The molecule has 0 unspecified atom stereocenters. The molecular formula is C43H94N6O8S. The number of carbonyl (C=O) groups is 7. The van der Waals surface area contributed by atoms with Crippen LogP contribution in [0.5, 0.6) is 0 Å². The summed E-state index contributed by atoms with van der Waals surface area (Å²) in [6.45, 7) is 45.0. The van der Waals surface area contributed by atoms with Crippen LogP contribution in [0.2, 0.25) is 0 Å². The summed E-state index contributed by atoms with van der Waals surface area (Å²) in [5.41, 5.74) is 2.79. The van der Waals surface area contributed by atoms with E-state index in [0.717, 1.165) is 0 Å². The molecule has 0 bridgehead atoms. The van der Waals surface area contributed by atoms with Gasteiger partial charge in [0.2, 0.25) is 11.8 Å². The highest BCUT2D eigenvalue weighted by Crippen LogP contribution is 2.16. The van der Waals surface area contributed by atoms with Crippen LogP contribution in [-0.4, -0.2) is 65.2 Å². The van der Waals surface area contributed by atoms with Crippen molar-refractivity contribution >= 4 is 53.4 Å². The van der Waals surface area contributed by atoms with E-state index in [9.17, 15) is 33.6 Å². The highest BCUT2D eigenvalue weighted by Gasteiger charge is 2.22. The van der Waals surface area contributed by atoms with E-state index in [2.05, 4.69) is 54.4 Å². The van der Waals surface area contributed by atoms with Crippen molar-refractivity contribution in [3.8, 4) is 0 Å². The lowest BCUT2D eigenvalue weighted by Gasteiger charge is -2.15. The predicted molar refractivity (Wildman–Crippen MR) is 247 cm³/mol. The van der Waals surface area contributed by atoms with Gasteiger partial charge in [0.1, 0.15) is 18.2 Å². The van der Waals surface area contributed by atoms with Gasteiger partial charge in [0.15, 0.2) is 17.3 Å². The van der Waals surface area contributed by atoms with Crippen LogP contribution in [-0.2, 0) is 38.4 Å². The molecule has 0 aliphatic heterocycles. The number of Topliss-reactive ketones (excluding diaryl/α,β-unsaturated/α-hetero) is 5. The largest absolute Gasteiger partial charge is 0.349 e. The van der Waals surface area contributed by atoms with E-state index in [1.54, 1.807) is 27.7 Å². The van der Waals surface area contributed by atoms with E-state index in [1.807, 2.05) is 111 Å². The monoisotopic (exact) mass is 855 g/mol. The lowest BCUT2D eigenvalue weighted by Crippen LogP contribution is -2.39. The molecule has 14 nitrogen and oxygen atoms in total. The number of nitrogens with two attached hydrogens (primary N) is 3. The molecular weight excluding hydrogens is 761 g/mol. The van der Waals surface area contributed by atoms with Crippen molar-refractivity contribution in [3.63, 3.8) is 0 Å². The minimum absolute atomic E-state index is 0. The van der Waals surface area contributed by atoms with Gasteiger partial charge in [0.25, 0.3) is 0 Å². The zero-order valence-corrected chi connectivity index (χ0v) is 41.7. The first-order valence-corrected chi connectivity index (χ1v) is 19.5. The number of nitrogens with one attached hydrogen (secondary N) is 3. The Balaban J connectivity index is -0.0000000844. The van der Waals surface area contributed by atoms with Gasteiger partial charge in [-0.05, 0) is 6.92 Å². The summed E-state index contributed by atoms with van der Waals surface area (Å²) in [6, 6.07) is 0. The maximum Gasteiger partial charge on any atom is 0.239 e. The molecule has 0 aromatic rings. The Kier molecular flexibility index (Phi) is 41.8. The third kappa shape index (κ3) is 62.6. The van der Waals surface area contributed by atoms with E-state index in [-0.39, 0.29) is 99.3 Å². The average molecular weight is 855 g/mol. The Labute approximate surface area is 361 Å². The molecule has 0 rings (SSSR count). The molecule has 0 fully saturated rings. The SMILES string of the molecule is C.CC(=O)C(C)(C)C.CC(=O)NCC(=O)C(C)(C)C.CC(C)(C)C(=O)CNN.CC(C)(C)C(=O)CON.CC(C)(C)C(=O)NN.CC(C)(C)S.CCC(=O)C(C)(C)C. The topological polar surface area (TPSA) is 243 Å². The van der Waals surface area contributed by atoms with Gasteiger partial charge in [-0.25, -0.2) is 11.7 Å². The van der Waals surface area contributed by atoms with Gasteiger partial charge in [0.05, 0.1) is 13.1 Å². The normalized spacial score (nSPS) is 11.2. The van der Waals surface area contributed by atoms with Crippen LogP contribution in [0.25, 0.3) is 0 Å². The number of ketones is 5. The standard InChI is InChI=1S/C8H15NO2.C7H14O.C6H14N2O.C6H13NO2.C6H12O.C5H12N2O.C4H10S.CH4/c1-6(10)9-5-7(11)8(2,3)4;1-5-6(8)7(2,3)4;1-6(2,3)5(9)4-8-7;1-6(2,3)5(8)4-9-7;1-5(7)6(2,3)4;1-5(2,3)4(8)7-6;1-4(2,3)5;/h5H2,1-4H3,(H,9,10);5H2,1-4H3;8H,4,7H2,1-3H3;4,7H2,1-3H3;1-4H3;6H2,1-3H3,(H,7,8);5H,1-3H3;1H4. The molecule has 0 aromatic heterocycles. The van der Waals surface area contributed by atoms with Crippen molar-refractivity contribution in [1.82, 2.24) is 16.2 Å². The zero-order valence-electron chi connectivity index (χ0n) is 40.8. The van der Waals surface area contributed by atoms with Crippen molar-refractivity contribution < 1.29 is 38.4 Å². The number of carbonyl (C=O) groups excluding carboxylic acids is 7. The van der Waals surface area contributed by atoms with Crippen LogP contribution in [0, 0.1) is 32.5 Å². The second-order valence-electron chi connectivity index (χ2n) is 20.3. The Morgan fingerprint density at radius 2 is 0.793 bits per heavy atom. The zero-order chi connectivity index (χ0) is 48.2. The quantitative estimate of drug-likeness (QED) is 0.0578. The highest BCUT2D eigenvalue weighted by atomic mass is 32.1. The predicted octanol–water partition coefficient (Wildman–Crippen LogP) is 7.30. The minimum Gasteiger partial charge on any atom is -0.349 e. The number of rotatable bonds is 7. The molecule has 0 spiro atoms.